The van der Waals surface area contributed by atoms with Crippen molar-refractivity contribution >= 4 is 34.2 Å². The number of benzene rings is 1. The van der Waals surface area contributed by atoms with Crippen LogP contribution in [0.25, 0.3) is 0 Å². The van der Waals surface area contributed by atoms with E-state index in [4.69, 9.17) is 4.74 Å². The molecule has 1 heterocycles. The van der Waals surface area contributed by atoms with Gasteiger partial charge in [-0.05, 0) is 56.3 Å². The predicted molar refractivity (Wildman–Crippen MR) is 97.2 cm³/mol. The lowest BCUT2D eigenvalue weighted by Crippen LogP contribution is -2.46. The third-order valence-electron chi connectivity index (χ3n) is 4.40. The smallest absolute Gasteiger partial charge is 0.260 e. The fraction of sp³-hybridized carbons (Fsp3) is 0.588. The van der Waals surface area contributed by atoms with Crippen LogP contribution in [0.4, 0.5) is 0 Å². The molecule has 1 aromatic rings. The molecule has 0 aromatic heterocycles. The van der Waals surface area contributed by atoms with Crippen molar-refractivity contribution in [3.05, 3.63) is 28.7 Å². The van der Waals surface area contributed by atoms with Crippen molar-refractivity contribution in [2.45, 2.75) is 31.7 Å². The number of hydrogen-bond donors (Lipinski definition) is 1. The van der Waals surface area contributed by atoms with Gasteiger partial charge in [0.05, 0.1) is 0 Å². The Balaban J connectivity index is 0.00000192. The Bertz CT molecular complexity index is 517. The van der Waals surface area contributed by atoms with E-state index < -0.39 is 0 Å². The minimum absolute atomic E-state index is 0. The highest BCUT2D eigenvalue weighted by Gasteiger charge is 2.26. The van der Waals surface area contributed by atoms with Crippen LogP contribution in [0.15, 0.2) is 28.7 Å². The molecule has 0 unspecified atom stereocenters. The van der Waals surface area contributed by atoms with Gasteiger partial charge in [-0.1, -0.05) is 22.0 Å². The maximum Gasteiger partial charge on any atom is 0.260 e. The van der Waals surface area contributed by atoms with Crippen LogP contribution in [0.2, 0.25) is 0 Å². The summed E-state index contributed by atoms with van der Waals surface area (Å²) in [4.78, 5) is 14.1. The van der Waals surface area contributed by atoms with Gasteiger partial charge in [0.2, 0.25) is 0 Å². The summed E-state index contributed by atoms with van der Waals surface area (Å²) in [6.07, 6.45) is 4.87. The number of carbonyl (C=O) groups excluding carboxylic acids is 1. The minimum Gasteiger partial charge on any atom is -0.484 e. The van der Waals surface area contributed by atoms with E-state index in [9.17, 15) is 4.79 Å². The number of likely N-dealkylation sites (tertiary alicyclic amines) is 1. The second kappa shape index (κ2) is 8.90. The molecule has 23 heavy (non-hydrogen) atoms. The third kappa shape index (κ3) is 5.98. The first-order valence-corrected chi connectivity index (χ1v) is 8.89. The van der Waals surface area contributed by atoms with E-state index in [0.717, 1.165) is 48.6 Å². The van der Waals surface area contributed by atoms with E-state index in [1.165, 1.54) is 12.8 Å². The molecule has 6 heteroatoms. The van der Waals surface area contributed by atoms with Gasteiger partial charge in [0, 0.05) is 23.6 Å². The molecule has 4 nitrogen and oxygen atoms in total. The van der Waals surface area contributed by atoms with Crippen LogP contribution in [-0.2, 0) is 4.79 Å². The maximum absolute atomic E-state index is 12.2. The van der Waals surface area contributed by atoms with Crippen LogP contribution >= 0.6 is 28.3 Å². The Kier molecular flexibility index (Phi) is 7.18. The summed E-state index contributed by atoms with van der Waals surface area (Å²) >= 11 is 3.40. The Morgan fingerprint density at radius 3 is 2.65 bits per heavy atom. The molecule has 0 atom stereocenters. The summed E-state index contributed by atoms with van der Waals surface area (Å²) in [7, 11) is 0. The van der Waals surface area contributed by atoms with E-state index in [-0.39, 0.29) is 24.9 Å². The zero-order valence-corrected chi connectivity index (χ0v) is 15.6. The van der Waals surface area contributed by atoms with Gasteiger partial charge in [-0.2, -0.15) is 0 Å². The first kappa shape index (κ1) is 18.6. The lowest BCUT2D eigenvalue weighted by molar-refractivity contribution is -0.134. The SMILES string of the molecule is Cl.O=C(COc1cccc(Br)c1)N1CCC(NCC2CC2)CC1. The van der Waals surface area contributed by atoms with Gasteiger partial charge < -0.3 is 15.0 Å². The molecule has 3 rings (SSSR count). The number of nitrogens with one attached hydrogen (secondary N) is 1. The van der Waals surface area contributed by atoms with Crippen LogP contribution in [0.5, 0.6) is 5.75 Å². The third-order valence-corrected chi connectivity index (χ3v) is 4.89. The molecule has 1 aliphatic carbocycles. The Labute approximate surface area is 152 Å². The number of hydrogen-bond acceptors (Lipinski definition) is 3. The average molecular weight is 404 g/mol. The van der Waals surface area contributed by atoms with Crippen molar-refractivity contribution < 1.29 is 9.53 Å². The summed E-state index contributed by atoms with van der Waals surface area (Å²) in [5.41, 5.74) is 0. The van der Waals surface area contributed by atoms with Crippen LogP contribution < -0.4 is 10.1 Å². The van der Waals surface area contributed by atoms with Crippen molar-refractivity contribution in [2.75, 3.05) is 26.2 Å². The summed E-state index contributed by atoms with van der Waals surface area (Å²) in [6.45, 7) is 2.95. The topological polar surface area (TPSA) is 41.6 Å². The molecule has 128 valence electrons. The normalized spacial score (nSPS) is 18.4. The van der Waals surface area contributed by atoms with E-state index in [2.05, 4.69) is 21.2 Å². The summed E-state index contributed by atoms with van der Waals surface area (Å²) in [5.74, 6) is 1.72. The monoisotopic (exact) mass is 402 g/mol. The zero-order valence-electron chi connectivity index (χ0n) is 13.2. The predicted octanol–water partition coefficient (Wildman–Crippen LogP) is 3.24. The largest absolute Gasteiger partial charge is 0.484 e. The maximum atomic E-state index is 12.2. The van der Waals surface area contributed by atoms with Crippen molar-refractivity contribution in [1.29, 1.82) is 0 Å². The number of piperidine rings is 1. The van der Waals surface area contributed by atoms with Crippen LogP contribution in [0.3, 0.4) is 0 Å². The van der Waals surface area contributed by atoms with E-state index in [1.54, 1.807) is 0 Å². The van der Waals surface area contributed by atoms with Crippen LogP contribution in [0.1, 0.15) is 25.7 Å². The minimum atomic E-state index is 0. The van der Waals surface area contributed by atoms with Crippen molar-refractivity contribution in [3.8, 4) is 5.75 Å². The molecular formula is C17H24BrClN2O2. The quantitative estimate of drug-likeness (QED) is 0.793. The first-order valence-electron chi connectivity index (χ1n) is 8.10. The highest BCUT2D eigenvalue weighted by atomic mass is 79.9. The van der Waals surface area contributed by atoms with Crippen LogP contribution in [-0.4, -0.2) is 43.1 Å². The zero-order chi connectivity index (χ0) is 15.4. The van der Waals surface area contributed by atoms with Gasteiger partial charge in [-0.15, -0.1) is 12.4 Å². The number of rotatable bonds is 6. The van der Waals surface area contributed by atoms with Gasteiger partial charge in [0.15, 0.2) is 6.61 Å². The molecule has 0 spiro atoms. The highest BCUT2D eigenvalue weighted by molar-refractivity contribution is 9.10. The summed E-state index contributed by atoms with van der Waals surface area (Å²) in [5, 5.41) is 3.63. The van der Waals surface area contributed by atoms with E-state index >= 15 is 0 Å². The molecule has 1 saturated heterocycles. The standard InChI is InChI=1S/C17H23BrN2O2.ClH/c18-14-2-1-3-16(10-14)22-12-17(21)20-8-6-15(7-9-20)19-11-13-4-5-13;/h1-3,10,13,15,19H,4-9,11-12H2;1H. The van der Waals surface area contributed by atoms with E-state index in [0.29, 0.717) is 6.04 Å². The molecule has 2 fully saturated rings. The number of halogens is 2. The lowest BCUT2D eigenvalue weighted by atomic mass is 10.0. The Morgan fingerprint density at radius 1 is 1.26 bits per heavy atom. The average Bonchev–Trinajstić information content (AvgIpc) is 3.35. The van der Waals surface area contributed by atoms with Crippen molar-refractivity contribution in [3.63, 3.8) is 0 Å². The molecule has 1 saturated carbocycles. The Hall–Kier alpha value is -0.780. The number of amides is 1. The van der Waals surface area contributed by atoms with Crippen molar-refractivity contribution in [2.24, 2.45) is 5.92 Å². The molecule has 1 aromatic carbocycles. The van der Waals surface area contributed by atoms with Gasteiger partial charge in [0.1, 0.15) is 5.75 Å². The van der Waals surface area contributed by atoms with Gasteiger partial charge >= 0.3 is 0 Å². The Morgan fingerprint density at radius 2 is 2.00 bits per heavy atom. The molecule has 1 amide bonds. The highest BCUT2D eigenvalue weighted by Crippen LogP contribution is 2.28. The molecule has 2 aliphatic rings. The second-order valence-electron chi connectivity index (χ2n) is 6.25. The molecule has 0 radical (unpaired) electrons. The molecule has 1 aliphatic heterocycles. The lowest BCUT2D eigenvalue weighted by Gasteiger charge is -2.32. The summed E-state index contributed by atoms with van der Waals surface area (Å²) in [6, 6.07) is 8.17. The van der Waals surface area contributed by atoms with E-state index in [1.807, 2.05) is 29.2 Å². The van der Waals surface area contributed by atoms with Crippen LogP contribution in [0, 0.1) is 5.92 Å². The first-order chi connectivity index (χ1) is 10.7. The van der Waals surface area contributed by atoms with Gasteiger partial charge in [-0.3, -0.25) is 4.79 Å². The van der Waals surface area contributed by atoms with Gasteiger partial charge in [0.25, 0.3) is 5.91 Å². The molecular weight excluding hydrogens is 380 g/mol. The molecule has 0 bridgehead atoms. The van der Waals surface area contributed by atoms with Crippen molar-refractivity contribution in [1.82, 2.24) is 10.2 Å². The fourth-order valence-electron chi connectivity index (χ4n) is 2.78. The van der Waals surface area contributed by atoms with Gasteiger partial charge in [-0.25, -0.2) is 0 Å². The number of ether oxygens (including phenoxy) is 1. The number of carbonyl (C=O) groups is 1. The second-order valence-corrected chi connectivity index (χ2v) is 7.17. The fourth-order valence-corrected chi connectivity index (χ4v) is 3.16. The summed E-state index contributed by atoms with van der Waals surface area (Å²) < 4.78 is 6.54. The number of nitrogens with zero attached hydrogens (tertiary/aromatic N) is 1. The molecule has 1 N–H and O–H groups in total.